The molecular formula is C18H15F6N5O2. The summed E-state index contributed by atoms with van der Waals surface area (Å²) in [6, 6.07) is 1.33. The molecule has 2 aromatic heterocycles. The summed E-state index contributed by atoms with van der Waals surface area (Å²) < 4.78 is 83.5. The molecule has 3 heterocycles. The molecule has 0 bridgehead atoms. The number of carbonyl (C=O) groups is 1. The second kappa shape index (κ2) is 8.12. The van der Waals surface area contributed by atoms with Gasteiger partial charge >= 0.3 is 6.18 Å². The Labute approximate surface area is 171 Å². The highest BCUT2D eigenvalue weighted by Gasteiger charge is 2.50. The molecule has 0 spiro atoms. The number of amidine groups is 1. The molecular weight excluding hydrogens is 432 g/mol. The topological polar surface area (TPSA) is 103 Å². The molecule has 0 amide bonds. The predicted molar refractivity (Wildman–Crippen MR) is 93.7 cm³/mol. The molecule has 3 rings (SSSR count). The molecule has 0 saturated carbocycles. The second-order valence-corrected chi connectivity index (χ2v) is 6.94. The van der Waals surface area contributed by atoms with Gasteiger partial charge in [0.15, 0.2) is 11.9 Å². The minimum Gasteiger partial charge on any atom is -0.452 e. The summed E-state index contributed by atoms with van der Waals surface area (Å²) >= 11 is 0. The van der Waals surface area contributed by atoms with E-state index in [-0.39, 0.29) is 11.4 Å². The molecule has 31 heavy (non-hydrogen) atoms. The maximum atomic E-state index is 14.5. The van der Waals surface area contributed by atoms with Crippen LogP contribution in [0.3, 0.4) is 0 Å². The molecule has 7 nitrogen and oxygen atoms in total. The normalized spacial score (nSPS) is 21.5. The number of ether oxygens (including phenoxy) is 1. The first-order chi connectivity index (χ1) is 14.4. The quantitative estimate of drug-likeness (QED) is 0.558. The number of aromatic nitrogens is 3. The highest BCUT2D eigenvalue weighted by Crippen LogP contribution is 2.40. The third-order valence-corrected chi connectivity index (χ3v) is 4.50. The van der Waals surface area contributed by atoms with Gasteiger partial charge in [-0.1, -0.05) is 0 Å². The van der Waals surface area contributed by atoms with Crippen molar-refractivity contribution in [3.05, 3.63) is 53.1 Å². The molecule has 0 fully saturated rings. The van der Waals surface area contributed by atoms with Crippen molar-refractivity contribution in [3.63, 3.8) is 0 Å². The van der Waals surface area contributed by atoms with Crippen LogP contribution in [0.5, 0.6) is 0 Å². The van der Waals surface area contributed by atoms with E-state index < -0.39 is 66.1 Å². The van der Waals surface area contributed by atoms with Crippen LogP contribution in [-0.2, 0) is 16.7 Å². The number of pyridine rings is 1. The Morgan fingerprint density at radius 3 is 2.58 bits per heavy atom. The number of halogens is 6. The van der Waals surface area contributed by atoms with E-state index in [4.69, 9.17) is 5.73 Å². The molecule has 1 aliphatic heterocycles. The number of alkyl halides is 5. The highest BCUT2D eigenvalue weighted by atomic mass is 19.4. The van der Waals surface area contributed by atoms with Crippen LogP contribution in [-0.4, -0.2) is 39.0 Å². The molecule has 0 radical (unpaired) electrons. The van der Waals surface area contributed by atoms with E-state index in [0.717, 1.165) is 24.5 Å². The van der Waals surface area contributed by atoms with Gasteiger partial charge in [-0.15, -0.1) is 0 Å². The van der Waals surface area contributed by atoms with Gasteiger partial charge in [-0.25, -0.2) is 23.1 Å². The molecule has 0 aromatic carbocycles. The van der Waals surface area contributed by atoms with Crippen molar-refractivity contribution < 1.29 is 35.9 Å². The van der Waals surface area contributed by atoms with E-state index in [1.54, 1.807) is 0 Å². The molecule has 2 N–H and O–H groups in total. The van der Waals surface area contributed by atoms with Crippen molar-refractivity contribution in [2.45, 2.75) is 44.0 Å². The predicted octanol–water partition coefficient (Wildman–Crippen LogP) is 3.25. The number of aliphatic imine (C=N–C) groups is 1. The van der Waals surface area contributed by atoms with Gasteiger partial charge in [-0.05, 0) is 19.1 Å². The first-order valence-corrected chi connectivity index (χ1v) is 8.77. The molecule has 2 atom stereocenters. The standard InChI is InChI=1S/C18H15F6N5O2/c1-17(5-13(18(22,23)24)31-16(25)29-17)14-9(19)3-2-8(28-14)4-12(30)10-6-27-11(7-26-10)15(20)21/h2-3,6-7,13,15H,4-5H2,1H3,(H2,25,29)/t13-,17-/m0/s1. The molecule has 0 unspecified atom stereocenters. The number of nitrogens with two attached hydrogens (primary N) is 1. The Kier molecular flexibility index (Phi) is 5.87. The van der Waals surface area contributed by atoms with Gasteiger partial charge in [0.1, 0.15) is 28.4 Å². The van der Waals surface area contributed by atoms with Gasteiger partial charge in [-0.3, -0.25) is 14.8 Å². The molecule has 0 aliphatic carbocycles. The number of ketones is 1. The average Bonchev–Trinajstić information content (AvgIpc) is 2.68. The summed E-state index contributed by atoms with van der Waals surface area (Å²) in [4.78, 5) is 27.2. The SMILES string of the molecule is C[C@@]1(c2nc(CC(=O)c3cnc(C(F)F)cn3)ccc2F)C[C@@H](C(F)(F)F)OC(N)=N1. The van der Waals surface area contributed by atoms with E-state index in [1.165, 1.54) is 6.92 Å². The number of Topliss-reactive ketones (excluding diaryl/α,β-unsaturated/α-hetero) is 1. The van der Waals surface area contributed by atoms with Crippen LogP contribution in [0.2, 0.25) is 0 Å². The summed E-state index contributed by atoms with van der Waals surface area (Å²) in [5, 5.41) is 0. The monoisotopic (exact) mass is 447 g/mol. The van der Waals surface area contributed by atoms with Crippen molar-refractivity contribution in [1.29, 1.82) is 0 Å². The molecule has 13 heteroatoms. The van der Waals surface area contributed by atoms with Crippen LogP contribution in [0.25, 0.3) is 0 Å². The number of carbonyl (C=O) groups excluding carboxylic acids is 1. The van der Waals surface area contributed by atoms with Crippen LogP contribution in [0, 0.1) is 5.82 Å². The number of hydrogen-bond donors (Lipinski definition) is 1. The highest BCUT2D eigenvalue weighted by molar-refractivity contribution is 5.95. The number of nitrogens with zero attached hydrogens (tertiary/aromatic N) is 4. The number of hydrogen-bond acceptors (Lipinski definition) is 7. The lowest BCUT2D eigenvalue weighted by atomic mass is 9.89. The van der Waals surface area contributed by atoms with E-state index in [1.807, 2.05) is 0 Å². The lowest BCUT2D eigenvalue weighted by molar-refractivity contribution is -0.208. The molecule has 166 valence electrons. The molecule has 0 saturated heterocycles. The Morgan fingerprint density at radius 2 is 2.00 bits per heavy atom. The van der Waals surface area contributed by atoms with Gasteiger partial charge < -0.3 is 10.5 Å². The van der Waals surface area contributed by atoms with Gasteiger partial charge in [0.05, 0.1) is 18.8 Å². The van der Waals surface area contributed by atoms with Gasteiger partial charge in [0.2, 0.25) is 0 Å². The third-order valence-electron chi connectivity index (χ3n) is 4.50. The lowest BCUT2D eigenvalue weighted by Crippen LogP contribution is -2.46. The Bertz CT molecular complexity index is 1010. The summed E-state index contributed by atoms with van der Waals surface area (Å²) in [6.45, 7) is 1.21. The number of rotatable bonds is 5. The van der Waals surface area contributed by atoms with Crippen LogP contribution in [0.4, 0.5) is 26.3 Å². The zero-order valence-corrected chi connectivity index (χ0v) is 15.8. The lowest BCUT2D eigenvalue weighted by Gasteiger charge is -2.35. The van der Waals surface area contributed by atoms with Gasteiger partial charge in [0, 0.05) is 12.1 Å². The van der Waals surface area contributed by atoms with Crippen LogP contribution in [0.15, 0.2) is 29.5 Å². The van der Waals surface area contributed by atoms with E-state index in [9.17, 15) is 31.1 Å². The fraction of sp³-hybridized carbons (Fsp3) is 0.389. The summed E-state index contributed by atoms with van der Waals surface area (Å²) in [5.74, 6) is -1.61. The van der Waals surface area contributed by atoms with Crippen LogP contribution in [0.1, 0.15) is 47.3 Å². The van der Waals surface area contributed by atoms with Gasteiger partial charge in [-0.2, -0.15) is 13.2 Å². The first-order valence-electron chi connectivity index (χ1n) is 8.77. The van der Waals surface area contributed by atoms with Crippen LogP contribution < -0.4 is 5.73 Å². The van der Waals surface area contributed by atoms with E-state index in [2.05, 4.69) is 24.7 Å². The zero-order valence-electron chi connectivity index (χ0n) is 15.8. The minimum atomic E-state index is -4.77. The smallest absolute Gasteiger partial charge is 0.425 e. The van der Waals surface area contributed by atoms with Crippen LogP contribution >= 0.6 is 0 Å². The largest absolute Gasteiger partial charge is 0.452 e. The maximum Gasteiger partial charge on any atom is 0.425 e. The van der Waals surface area contributed by atoms with E-state index in [0.29, 0.717) is 0 Å². The fourth-order valence-corrected chi connectivity index (χ4v) is 3.00. The van der Waals surface area contributed by atoms with Crippen molar-refractivity contribution in [3.8, 4) is 0 Å². The fourth-order valence-electron chi connectivity index (χ4n) is 3.00. The summed E-state index contributed by atoms with van der Waals surface area (Å²) in [5.41, 5.74) is 2.29. The Morgan fingerprint density at radius 1 is 1.29 bits per heavy atom. The summed E-state index contributed by atoms with van der Waals surface area (Å²) in [7, 11) is 0. The molecule has 2 aromatic rings. The average molecular weight is 447 g/mol. The van der Waals surface area contributed by atoms with Crippen molar-refractivity contribution in [2.75, 3.05) is 0 Å². The molecule has 1 aliphatic rings. The van der Waals surface area contributed by atoms with Crippen molar-refractivity contribution >= 4 is 11.8 Å². The summed E-state index contributed by atoms with van der Waals surface area (Å²) in [6.07, 6.45) is -9.53. The zero-order chi connectivity index (χ0) is 23.0. The maximum absolute atomic E-state index is 14.5. The minimum absolute atomic E-state index is 0.00573. The third kappa shape index (κ3) is 4.91. The van der Waals surface area contributed by atoms with Crippen molar-refractivity contribution in [2.24, 2.45) is 10.7 Å². The van der Waals surface area contributed by atoms with Crippen molar-refractivity contribution in [1.82, 2.24) is 15.0 Å². The first kappa shape index (κ1) is 22.4. The van der Waals surface area contributed by atoms with E-state index >= 15 is 0 Å². The van der Waals surface area contributed by atoms with Gasteiger partial charge in [0.25, 0.3) is 12.4 Å². The second-order valence-electron chi connectivity index (χ2n) is 6.94. The Hall–Kier alpha value is -3.25. The Balaban J connectivity index is 1.88.